The monoisotopic (exact) mass is 376 g/mol. The smallest absolute Gasteiger partial charge is 0.303 e. The Bertz CT molecular complexity index is 545. The average Bonchev–Trinajstić information content (AvgIpc) is 2.95. The van der Waals surface area contributed by atoms with Crippen molar-refractivity contribution in [2.75, 3.05) is 0 Å². The molecule has 2 N–H and O–H groups in total. The molecule has 0 saturated heterocycles. The molecule has 152 valence electrons. The number of hydrogen-bond donors (Lipinski definition) is 2. The molecule has 0 bridgehead atoms. The summed E-state index contributed by atoms with van der Waals surface area (Å²) in [7, 11) is 0. The second-order valence-electron chi connectivity index (χ2n) is 8.44. The molecule has 4 heteroatoms. The number of allylic oxidation sites excluding steroid dienone is 3. The van der Waals surface area contributed by atoms with Crippen LogP contribution in [0.1, 0.15) is 84.0 Å². The van der Waals surface area contributed by atoms with E-state index in [4.69, 9.17) is 5.11 Å². The number of rotatable bonds is 13. The van der Waals surface area contributed by atoms with Crippen LogP contribution in [0.2, 0.25) is 0 Å². The van der Waals surface area contributed by atoms with Crippen LogP contribution in [0, 0.1) is 17.3 Å². The number of carbonyl (C=O) groups excluding carboxylic acids is 1. The second-order valence-corrected chi connectivity index (χ2v) is 8.44. The number of ketones is 1. The Balaban J connectivity index is 1.79. The Morgan fingerprint density at radius 3 is 2.63 bits per heavy atom. The molecule has 1 saturated carbocycles. The quantitative estimate of drug-likeness (QED) is 0.348. The van der Waals surface area contributed by atoms with Gasteiger partial charge in [0.05, 0.1) is 6.10 Å². The van der Waals surface area contributed by atoms with Gasteiger partial charge in [0.15, 0.2) is 5.78 Å². The van der Waals surface area contributed by atoms with Crippen molar-refractivity contribution in [1.29, 1.82) is 0 Å². The molecule has 4 nitrogen and oxygen atoms in total. The molecule has 0 heterocycles. The van der Waals surface area contributed by atoms with Crippen LogP contribution in [0.15, 0.2) is 24.3 Å². The maximum atomic E-state index is 12.2. The van der Waals surface area contributed by atoms with Crippen molar-refractivity contribution < 1.29 is 19.8 Å². The summed E-state index contributed by atoms with van der Waals surface area (Å²) in [6.45, 7) is 2.19. The van der Waals surface area contributed by atoms with Crippen LogP contribution in [0.4, 0.5) is 0 Å². The Morgan fingerprint density at radius 1 is 1.26 bits per heavy atom. The van der Waals surface area contributed by atoms with Crippen LogP contribution >= 0.6 is 0 Å². The first-order valence-electron chi connectivity index (χ1n) is 10.8. The summed E-state index contributed by atoms with van der Waals surface area (Å²) in [5.74, 6) is -0.471. The van der Waals surface area contributed by atoms with E-state index in [9.17, 15) is 14.7 Å². The van der Waals surface area contributed by atoms with E-state index in [2.05, 4.69) is 6.92 Å². The summed E-state index contributed by atoms with van der Waals surface area (Å²) >= 11 is 0. The third-order valence-corrected chi connectivity index (χ3v) is 6.49. The summed E-state index contributed by atoms with van der Waals surface area (Å²) in [5, 5.41) is 19.4. The average molecular weight is 377 g/mol. The van der Waals surface area contributed by atoms with Crippen LogP contribution in [-0.4, -0.2) is 28.1 Å². The van der Waals surface area contributed by atoms with Crippen LogP contribution < -0.4 is 0 Å². The third-order valence-electron chi connectivity index (χ3n) is 6.49. The highest BCUT2D eigenvalue weighted by atomic mass is 16.4. The number of carboxylic acid groups (broad SMARTS) is 1. The fourth-order valence-electron chi connectivity index (χ4n) is 4.47. The molecule has 0 spiro atoms. The van der Waals surface area contributed by atoms with E-state index in [0.29, 0.717) is 6.42 Å². The fourth-order valence-corrected chi connectivity index (χ4v) is 4.47. The maximum Gasteiger partial charge on any atom is 0.303 e. The molecule has 1 fully saturated rings. The molecule has 0 aromatic rings. The lowest BCUT2D eigenvalue weighted by Crippen LogP contribution is -2.40. The van der Waals surface area contributed by atoms with Gasteiger partial charge >= 0.3 is 5.97 Å². The van der Waals surface area contributed by atoms with Crippen molar-refractivity contribution in [3.63, 3.8) is 0 Å². The minimum atomic E-state index is -0.739. The number of aliphatic hydroxyl groups excluding tert-OH is 1. The molecule has 27 heavy (non-hydrogen) atoms. The number of carbonyl (C=O) groups is 2. The molecule has 0 aromatic heterocycles. The lowest BCUT2D eigenvalue weighted by molar-refractivity contribution is -0.137. The number of aliphatic hydroxyl groups is 1. The Hall–Kier alpha value is -1.42. The van der Waals surface area contributed by atoms with Crippen LogP contribution in [0.3, 0.4) is 0 Å². The summed E-state index contributed by atoms with van der Waals surface area (Å²) < 4.78 is 0. The molecule has 2 rings (SSSR count). The molecule has 0 aliphatic heterocycles. The van der Waals surface area contributed by atoms with Crippen LogP contribution in [0.25, 0.3) is 0 Å². The second kappa shape index (κ2) is 10.8. The van der Waals surface area contributed by atoms with Gasteiger partial charge in [-0.3, -0.25) is 9.59 Å². The zero-order valence-corrected chi connectivity index (χ0v) is 16.7. The van der Waals surface area contributed by atoms with E-state index in [1.54, 1.807) is 6.08 Å². The normalized spacial score (nSPS) is 25.0. The Morgan fingerprint density at radius 2 is 2.00 bits per heavy atom. The summed E-state index contributed by atoms with van der Waals surface area (Å²) in [6, 6.07) is 0. The van der Waals surface area contributed by atoms with Gasteiger partial charge in [0.1, 0.15) is 0 Å². The zero-order valence-electron chi connectivity index (χ0n) is 16.7. The van der Waals surface area contributed by atoms with E-state index in [1.165, 1.54) is 6.42 Å². The van der Waals surface area contributed by atoms with Gasteiger partial charge in [-0.15, -0.1) is 0 Å². The molecular formula is C23H36O4. The highest BCUT2D eigenvalue weighted by Crippen LogP contribution is 2.48. The minimum absolute atomic E-state index is 0.0130. The maximum absolute atomic E-state index is 12.2. The van der Waals surface area contributed by atoms with Crippen molar-refractivity contribution >= 4 is 11.8 Å². The lowest BCUT2D eigenvalue weighted by atomic mass is 9.62. The number of unbranched alkanes of at least 4 members (excludes halogenated alkanes) is 4. The van der Waals surface area contributed by atoms with Crippen molar-refractivity contribution in [2.45, 2.75) is 90.1 Å². The first kappa shape index (κ1) is 21.9. The zero-order chi connectivity index (χ0) is 19.7. The van der Waals surface area contributed by atoms with E-state index in [0.717, 1.165) is 57.8 Å². The van der Waals surface area contributed by atoms with Crippen LogP contribution in [-0.2, 0) is 9.59 Å². The summed E-state index contributed by atoms with van der Waals surface area (Å²) in [5.41, 5.74) is 0.0679. The van der Waals surface area contributed by atoms with E-state index in [1.807, 2.05) is 18.2 Å². The van der Waals surface area contributed by atoms with E-state index < -0.39 is 12.1 Å². The Labute approximate surface area is 163 Å². The number of aliphatic carboxylic acids is 1. The van der Waals surface area contributed by atoms with Gasteiger partial charge in [-0.1, -0.05) is 63.7 Å². The van der Waals surface area contributed by atoms with Gasteiger partial charge in [0.25, 0.3) is 0 Å². The van der Waals surface area contributed by atoms with Gasteiger partial charge in [0.2, 0.25) is 0 Å². The van der Waals surface area contributed by atoms with E-state index >= 15 is 0 Å². The van der Waals surface area contributed by atoms with Gasteiger partial charge < -0.3 is 10.2 Å². The van der Waals surface area contributed by atoms with Gasteiger partial charge in [-0.2, -0.15) is 0 Å². The highest BCUT2D eigenvalue weighted by Gasteiger charge is 2.41. The van der Waals surface area contributed by atoms with Crippen LogP contribution in [0.5, 0.6) is 0 Å². The predicted octanol–water partition coefficient (Wildman–Crippen LogP) is 5.06. The van der Waals surface area contributed by atoms with Crippen molar-refractivity contribution in [2.24, 2.45) is 17.3 Å². The first-order valence-corrected chi connectivity index (χ1v) is 10.8. The van der Waals surface area contributed by atoms with Gasteiger partial charge in [-0.05, 0) is 43.6 Å². The van der Waals surface area contributed by atoms with Gasteiger partial charge in [-0.25, -0.2) is 0 Å². The summed E-state index contributed by atoms with van der Waals surface area (Å²) in [6.07, 6.45) is 18.7. The third kappa shape index (κ3) is 6.31. The molecule has 0 aromatic carbocycles. The topological polar surface area (TPSA) is 74.6 Å². The predicted molar refractivity (Wildman–Crippen MR) is 107 cm³/mol. The largest absolute Gasteiger partial charge is 0.481 e. The number of carboxylic acids is 1. The summed E-state index contributed by atoms with van der Waals surface area (Å²) in [4.78, 5) is 22.7. The van der Waals surface area contributed by atoms with Crippen molar-refractivity contribution in [3.8, 4) is 0 Å². The Kier molecular flexibility index (Phi) is 8.75. The first-order chi connectivity index (χ1) is 13.0. The van der Waals surface area contributed by atoms with Gasteiger partial charge in [0, 0.05) is 18.3 Å². The number of hydrogen-bond acceptors (Lipinski definition) is 3. The van der Waals surface area contributed by atoms with E-state index in [-0.39, 0.29) is 29.5 Å². The molecule has 0 radical (unpaired) electrons. The molecular weight excluding hydrogens is 340 g/mol. The standard InChI is InChI=1S/C23H36O4/c1-2-3-15-23(16-8-17-23)21(25)14-12-18-11-13-20(24)19(18)9-6-4-5-7-10-22(26)27/h11-14,18-19,21,25H,2-10,15-17H2,1H3,(H,26,27)/t18-,19-,21?/m1/s1. The molecule has 2 aliphatic carbocycles. The minimum Gasteiger partial charge on any atom is -0.481 e. The molecule has 3 atom stereocenters. The fraction of sp³-hybridized carbons (Fsp3) is 0.739. The van der Waals surface area contributed by atoms with Crippen molar-refractivity contribution in [1.82, 2.24) is 0 Å². The lowest BCUT2D eigenvalue weighted by Gasteiger charge is -2.45. The molecule has 0 amide bonds. The SMILES string of the molecule is CCCCC1(C(O)C=C[C@H]2C=CC(=O)[C@@H]2CCCCCCC(=O)O)CCC1. The highest BCUT2D eigenvalue weighted by molar-refractivity contribution is 5.94. The molecule has 1 unspecified atom stereocenters. The molecule has 2 aliphatic rings. The van der Waals surface area contributed by atoms with Crippen molar-refractivity contribution in [3.05, 3.63) is 24.3 Å².